The SMILES string of the molecule is NC(C(=O)N[C@H]1C(=O)N2C(C(=O)[O-])=C(CO)CS[C@H]12)c1ccccc1.[Li+]. The Morgan fingerprint density at radius 2 is 2.04 bits per heavy atom. The van der Waals surface area contributed by atoms with Gasteiger partial charge >= 0.3 is 18.9 Å². The quantitative estimate of drug-likeness (QED) is 0.350. The van der Waals surface area contributed by atoms with Gasteiger partial charge in [0.05, 0.1) is 18.3 Å². The zero-order chi connectivity index (χ0) is 18.1. The third-order valence-electron chi connectivity index (χ3n) is 4.17. The summed E-state index contributed by atoms with van der Waals surface area (Å²) >= 11 is 1.27. The summed E-state index contributed by atoms with van der Waals surface area (Å²) < 4.78 is 0. The molecule has 1 unspecified atom stereocenters. The number of carboxylic acid groups (broad SMARTS) is 1. The first-order chi connectivity index (χ1) is 12.0. The van der Waals surface area contributed by atoms with Crippen LogP contribution >= 0.6 is 11.8 Å². The minimum atomic E-state index is -1.52. The molecule has 26 heavy (non-hydrogen) atoms. The molecule has 132 valence electrons. The number of fused-ring (bicyclic) bond motifs is 1. The summed E-state index contributed by atoms with van der Waals surface area (Å²) in [5.41, 5.74) is 6.43. The van der Waals surface area contributed by atoms with E-state index < -0.39 is 41.8 Å². The molecule has 8 nitrogen and oxygen atoms in total. The molecule has 3 atom stereocenters. The van der Waals surface area contributed by atoms with Gasteiger partial charge in [-0.25, -0.2) is 0 Å². The van der Waals surface area contributed by atoms with Crippen molar-refractivity contribution in [2.45, 2.75) is 17.5 Å². The molecule has 2 aliphatic rings. The van der Waals surface area contributed by atoms with E-state index in [-0.39, 0.29) is 35.9 Å². The average Bonchev–Trinajstić information content (AvgIpc) is 2.64. The average molecular weight is 369 g/mol. The van der Waals surface area contributed by atoms with Crippen LogP contribution in [0.25, 0.3) is 0 Å². The number of aliphatic hydroxyl groups excluding tert-OH is 1. The molecular weight excluding hydrogens is 353 g/mol. The Labute approximate surface area is 166 Å². The van der Waals surface area contributed by atoms with Crippen LogP contribution < -0.4 is 35.0 Å². The second-order valence-corrected chi connectivity index (χ2v) is 6.79. The number of nitrogens with one attached hydrogen (secondary N) is 1. The van der Waals surface area contributed by atoms with Gasteiger partial charge in [-0.05, 0) is 11.1 Å². The van der Waals surface area contributed by atoms with E-state index in [0.717, 1.165) is 4.90 Å². The first-order valence-electron chi connectivity index (χ1n) is 7.55. The molecule has 1 aromatic rings. The van der Waals surface area contributed by atoms with Crippen molar-refractivity contribution in [1.29, 1.82) is 0 Å². The summed E-state index contributed by atoms with van der Waals surface area (Å²) in [5.74, 6) is -2.35. The van der Waals surface area contributed by atoms with Crippen LogP contribution in [0.3, 0.4) is 0 Å². The van der Waals surface area contributed by atoms with Crippen molar-refractivity contribution in [3.63, 3.8) is 0 Å². The fourth-order valence-corrected chi connectivity index (χ4v) is 4.18. The minimum Gasteiger partial charge on any atom is -0.543 e. The first-order valence-corrected chi connectivity index (χ1v) is 8.60. The number of carbonyl (C=O) groups excluding carboxylic acids is 3. The predicted octanol–water partition coefficient (Wildman–Crippen LogP) is -4.91. The second-order valence-electron chi connectivity index (χ2n) is 5.68. The van der Waals surface area contributed by atoms with Crippen molar-refractivity contribution >= 4 is 29.5 Å². The molecule has 2 heterocycles. The number of β-lactam (4-membered cyclic amide) rings is 1. The number of hydrogen-bond donors (Lipinski definition) is 3. The molecule has 10 heteroatoms. The number of amides is 2. The summed E-state index contributed by atoms with van der Waals surface area (Å²) in [6.45, 7) is -0.470. The number of rotatable bonds is 5. The van der Waals surface area contributed by atoms with Crippen LogP contribution in [-0.2, 0) is 14.4 Å². The van der Waals surface area contributed by atoms with Gasteiger partial charge in [-0.3, -0.25) is 14.5 Å². The van der Waals surface area contributed by atoms with Crippen LogP contribution in [0.2, 0.25) is 0 Å². The smallest absolute Gasteiger partial charge is 0.543 e. The Morgan fingerprint density at radius 3 is 2.62 bits per heavy atom. The Morgan fingerprint density at radius 1 is 1.38 bits per heavy atom. The van der Waals surface area contributed by atoms with E-state index in [4.69, 9.17) is 5.73 Å². The Hall–Kier alpha value is -1.76. The van der Waals surface area contributed by atoms with Gasteiger partial charge in [0.25, 0.3) is 5.91 Å². The van der Waals surface area contributed by atoms with Gasteiger partial charge in [0, 0.05) is 5.75 Å². The topological polar surface area (TPSA) is 136 Å². The number of thioether (sulfide) groups is 1. The maximum absolute atomic E-state index is 12.3. The van der Waals surface area contributed by atoms with Crippen LogP contribution in [0.4, 0.5) is 0 Å². The fraction of sp³-hybridized carbons (Fsp3) is 0.312. The van der Waals surface area contributed by atoms with Crippen molar-refractivity contribution in [3.8, 4) is 0 Å². The summed E-state index contributed by atoms with van der Waals surface area (Å²) in [6.07, 6.45) is 0. The number of nitrogens with zero attached hydrogens (tertiary/aromatic N) is 1. The van der Waals surface area contributed by atoms with E-state index in [2.05, 4.69) is 5.32 Å². The van der Waals surface area contributed by atoms with Crippen LogP contribution in [0.5, 0.6) is 0 Å². The van der Waals surface area contributed by atoms with Gasteiger partial charge in [-0.15, -0.1) is 11.8 Å². The number of hydrogen-bond acceptors (Lipinski definition) is 7. The van der Waals surface area contributed by atoms with E-state index in [1.165, 1.54) is 11.8 Å². The molecule has 0 spiro atoms. The zero-order valence-electron chi connectivity index (χ0n) is 14.0. The number of aliphatic hydroxyl groups is 1. The van der Waals surface area contributed by atoms with Gasteiger partial charge in [0.15, 0.2) is 0 Å². The van der Waals surface area contributed by atoms with Gasteiger partial charge in [0.1, 0.15) is 17.5 Å². The van der Waals surface area contributed by atoms with Crippen molar-refractivity contribution in [2.24, 2.45) is 5.73 Å². The van der Waals surface area contributed by atoms with Gasteiger partial charge in [0.2, 0.25) is 5.91 Å². The fourth-order valence-electron chi connectivity index (χ4n) is 2.85. The first kappa shape index (κ1) is 20.5. The third-order valence-corrected chi connectivity index (χ3v) is 5.51. The van der Waals surface area contributed by atoms with Crippen molar-refractivity contribution in [3.05, 3.63) is 47.2 Å². The second kappa shape index (κ2) is 8.29. The molecule has 0 bridgehead atoms. The predicted molar refractivity (Wildman–Crippen MR) is 87.5 cm³/mol. The molecule has 4 N–H and O–H groups in total. The standard InChI is InChI=1S/C16H17N3O5S.Li/c17-10(8-4-2-1-3-5-8)13(21)18-11-14(22)19-12(16(23)24)9(6-20)7-25-15(11)19;/h1-5,10-11,15,20H,6-7,17H2,(H,18,21)(H,23,24);/q;+1/p-1/t10?,11-,15+;/m0./s1. The van der Waals surface area contributed by atoms with Crippen molar-refractivity contribution < 1.29 is 43.5 Å². The van der Waals surface area contributed by atoms with Crippen molar-refractivity contribution in [2.75, 3.05) is 12.4 Å². The normalized spacial score (nSPS) is 22.7. The largest absolute Gasteiger partial charge is 1.00 e. The van der Waals surface area contributed by atoms with Gasteiger partial charge in [-0.2, -0.15) is 0 Å². The molecule has 1 saturated heterocycles. The van der Waals surface area contributed by atoms with E-state index in [0.29, 0.717) is 5.56 Å². The molecule has 1 aromatic carbocycles. The number of benzene rings is 1. The monoisotopic (exact) mass is 369 g/mol. The Bertz CT molecular complexity index is 758. The van der Waals surface area contributed by atoms with Gasteiger partial charge < -0.3 is 26.1 Å². The van der Waals surface area contributed by atoms with E-state index in [9.17, 15) is 24.6 Å². The van der Waals surface area contributed by atoms with Crippen LogP contribution in [0.1, 0.15) is 11.6 Å². The maximum Gasteiger partial charge on any atom is 1.00 e. The summed E-state index contributed by atoms with van der Waals surface area (Å²) in [4.78, 5) is 37.0. The summed E-state index contributed by atoms with van der Waals surface area (Å²) in [7, 11) is 0. The number of carbonyl (C=O) groups is 3. The third kappa shape index (κ3) is 3.54. The molecule has 3 rings (SSSR count). The number of aliphatic carboxylic acids is 1. The maximum atomic E-state index is 12.3. The Kier molecular flexibility index (Phi) is 6.55. The van der Waals surface area contributed by atoms with E-state index in [1.807, 2.05) is 0 Å². The number of nitrogens with two attached hydrogens (primary N) is 1. The molecule has 0 aromatic heterocycles. The minimum absolute atomic E-state index is 0. The molecular formula is C16H16LiN3O5S. The van der Waals surface area contributed by atoms with Crippen LogP contribution in [0.15, 0.2) is 41.6 Å². The van der Waals surface area contributed by atoms with Crippen LogP contribution in [-0.4, -0.2) is 51.6 Å². The van der Waals surface area contributed by atoms with Gasteiger partial charge in [-0.1, -0.05) is 30.3 Å². The summed E-state index contributed by atoms with van der Waals surface area (Å²) in [5, 5.41) is 22.6. The molecule has 0 radical (unpaired) electrons. The molecule has 0 aliphatic carbocycles. The van der Waals surface area contributed by atoms with E-state index in [1.54, 1.807) is 30.3 Å². The molecule has 2 amide bonds. The van der Waals surface area contributed by atoms with Crippen molar-refractivity contribution in [1.82, 2.24) is 10.2 Å². The van der Waals surface area contributed by atoms with Crippen LogP contribution in [0, 0.1) is 0 Å². The molecule has 0 saturated carbocycles. The Balaban J connectivity index is 0.00000243. The number of carboxylic acids is 1. The summed E-state index contributed by atoms with van der Waals surface area (Å²) in [6, 6.07) is 6.93. The molecule has 1 fully saturated rings. The van der Waals surface area contributed by atoms with E-state index >= 15 is 0 Å². The zero-order valence-corrected chi connectivity index (χ0v) is 14.9. The molecule has 2 aliphatic heterocycles.